The van der Waals surface area contributed by atoms with E-state index in [2.05, 4.69) is 9.72 Å². The number of ether oxygens (including phenoxy) is 1. The lowest BCUT2D eigenvalue weighted by Gasteiger charge is -2.17. The number of aryl methyl sites for hydroxylation is 1. The van der Waals surface area contributed by atoms with E-state index in [4.69, 9.17) is 5.11 Å². The molecule has 0 saturated carbocycles. The van der Waals surface area contributed by atoms with Crippen LogP contribution in [0.25, 0.3) is 0 Å². The van der Waals surface area contributed by atoms with Crippen molar-refractivity contribution in [3.8, 4) is 5.75 Å². The predicted octanol–water partition coefficient (Wildman–Crippen LogP) is 1.78. The quantitative estimate of drug-likeness (QED) is 0.719. The Labute approximate surface area is 137 Å². The van der Waals surface area contributed by atoms with Crippen LogP contribution < -0.4 is 5.56 Å². The first-order valence-electron chi connectivity index (χ1n) is 7.16. The summed E-state index contributed by atoms with van der Waals surface area (Å²) in [4.78, 5) is 37.5. The van der Waals surface area contributed by atoms with Gasteiger partial charge in [0.15, 0.2) is 0 Å². The van der Waals surface area contributed by atoms with Crippen molar-refractivity contribution in [2.45, 2.75) is 19.3 Å². The van der Waals surface area contributed by atoms with Crippen LogP contribution in [-0.2, 0) is 9.53 Å². The fourth-order valence-corrected chi connectivity index (χ4v) is 2.51. The van der Waals surface area contributed by atoms with Gasteiger partial charge in [0.2, 0.25) is 0 Å². The predicted molar refractivity (Wildman–Crippen MR) is 85.3 cm³/mol. The van der Waals surface area contributed by atoms with Gasteiger partial charge in [0.25, 0.3) is 5.56 Å². The molecule has 2 aromatic rings. The second kappa shape index (κ2) is 6.99. The second-order valence-electron chi connectivity index (χ2n) is 5.34. The van der Waals surface area contributed by atoms with E-state index in [1.165, 1.54) is 37.4 Å². The van der Waals surface area contributed by atoms with Gasteiger partial charge in [0.05, 0.1) is 24.7 Å². The molecule has 7 heteroatoms. The van der Waals surface area contributed by atoms with Crippen molar-refractivity contribution in [3.63, 3.8) is 0 Å². The van der Waals surface area contributed by atoms with Crippen LogP contribution in [0.15, 0.2) is 35.1 Å². The molecule has 0 bridgehead atoms. The summed E-state index contributed by atoms with van der Waals surface area (Å²) in [6.45, 7) is 1.63. The fraction of sp³-hybridized carbons (Fsp3) is 0.235. The number of aromatic nitrogens is 1. The number of rotatable bonds is 5. The van der Waals surface area contributed by atoms with Crippen LogP contribution in [0.2, 0.25) is 0 Å². The molecule has 2 rings (SSSR count). The molecule has 1 heterocycles. The number of aromatic amines is 1. The van der Waals surface area contributed by atoms with Crippen LogP contribution >= 0.6 is 0 Å². The van der Waals surface area contributed by atoms with Crippen molar-refractivity contribution < 1.29 is 24.5 Å². The number of H-pyrrole nitrogens is 1. The molecule has 1 aromatic heterocycles. The third kappa shape index (κ3) is 3.62. The highest BCUT2D eigenvalue weighted by Crippen LogP contribution is 2.32. The molecule has 126 valence electrons. The summed E-state index contributed by atoms with van der Waals surface area (Å²) < 4.78 is 4.66. The van der Waals surface area contributed by atoms with Crippen molar-refractivity contribution in [1.82, 2.24) is 4.98 Å². The van der Waals surface area contributed by atoms with Gasteiger partial charge in [-0.15, -0.1) is 0 Å². The summed E-state index contributed by atoms with van der Waals surface area (Å²) in [6, 6.07) is 7.17. The Bertz CT molecular complexity index is 822. The minimum absolute atomic E-state index is 0.0362. The van der Waals surface area contributed by atoms with Crippen molar-refractivity contribution in [2.75, 3.05) is 7.11 Å². The Morgan fingerprint density at radius 2 is 1.88 bits per heavy atom. The molecular formula is C17H17NO6. The van der Waals surface area contributed by atoms with E-state index in [9.17, 15) is 19.5 Å². The molecule has 0 amide bonds. The number of aromatic hydroxyl groups is 1. The largest absolute Gasteiger partial charge is 0.507 e. The Kier molecular flexibility index (Phi) is 5.03. The Balaban J connectivity index is 2.55. The molecule has 0 fully saturated rings. The van der Waals surface area contributed by atoms with Gasteiger partial charge >= 0.3 is 11.9 Å². The van der Waals surface area contributed by atoms with Crippen LogP contribution in [0.5, 0.6) is 5.75 Å². The first kappa shape index (κ1) is 17.3. The summed E-state index contributed by atoms with van der Waals surface area (Å²) in [6.07, 6.45) is -0.164. The van der Waals surface area contributed by atoms with Crippen LogP contribution in [-0.4, -0.2) is 34.2 Å². The number of pyridine rings is 1. The molecule has 7 nitrogen and oxygen atoms in total. The van der Waals surface area contributed by atoms with Crippen LogP contribution in [0.4, 0.5) is 0 Å². The molecule has 0 spiro atoms. The zero-order valence-corrected chi connectivity index (χ0v) is 13.2. The van der Waals surface area contributed by atoms with Gasteiger partial charge in [-0.2, -0.15) is 0 Å². The summed E-state index contributed by atoms with van der Waals surface area (Å²) in [5.41, 5.74) is 0.616. The zero-order chi connectivity index (χ0) is 17.9. The highest BCUT2D eigenvalue weighted by molar-refractivity contribution is 5.87. The molecule has 0 saturated heterocycles. The molecule has 0 aliphatic rings. The van der Waals surface area contributed by atoms with Gasteiger partial charge in [0, 0.05) is 11.6 Å². The van der Waals surface area contributed by atoms with E-state index >= 15 is 0 Å². The maximum Gasteiger partial charge on any atom is 0.335 e. The first-order chi connectivity index (χ1) is 11.3. The number of methoxy groups -OCH3 is 1. The van der Waals surface area contributed by atoms with Crippen molar-refractivity contribution in [3.05, 3.63) is 63.1 Å². The summed E-state index contributed by atoms with van der Waals surface area (Å²) >= 11 is 0. The number of hydrogen-bond acceptors (Lipinski definition) is 5. The maximum atomic E-state index is 12.3. The molecule has 1 atom stereocenters. The molecule has 1 aromatic carbocycles. The number of esters is 1. The normalized spacial score (nSPS) is 11.8. The number of carbonyl (C=O) groups excluding carboxylic acids is 1. The van der Waals surface area contributed by atoms with E-state index in [1.807, 2.05) is 0 Å². The molecule has 0 radical (unpaired) electrons. The lowest BCUT2D eigenvalue weighted by Crippen LogP contribution is -2.21. The number of carboxylic acid groups (broad SMARTS) is 1. The summed E-state index contributed by atoms with van der Waals surface area (Å²) in [5.74, 6) is -2.62. The minimum atomic E-state index is -1.08. The second-order valence-corrected chi connectivity index (χ2v) is 5.34. The Morgan fingerprint density at radius 3 is 2.38 bits per heavy atom. The van der Waals surface area contributed by atoms with Gasteiger partial charge in [-0.05, 0) is 30.7 Å². The van der Waals surface area contributed by atoms with Gasteiger partial charge in [-0.3, -0.25) is 9.59 Å². The lowest BCUT2D eigenvalue weighted by atomic mass is 9.88. The van der Waals surface area contributed by atoms with E-state index in [1.54, 1.807) is 6.92 Å². The van der Waals surface area contributed by atoms with E-state index < -0.39 is 23.4 Å². The van der Waals surface area contributed by atoms with Gasteiger partial charge < -0.3 is 19.9 Å². The van der Waals surface area contributed by atoms with E-state index in [-0.39, 0.29) is 23.3 Å². The third-order valence-corrected chi connectivity index (χ3v) is 3.69. The number of carbonyl (C=O) groups is 2. The standard InChI is InChI=1S/C17H17NO6/c1-9-7-13(19)15(16(21)18-9)12(8-14(20)24-2)10-3-5-11(6-4-10)17(22)23/h3-7,12H,8H2,1-2H3,(H,22,23)(H2,18,19,21)/t12-/m0/s1. The number of hydrogen-bond donors (Lipinski definition) is 3. The zero-order valence-electron chi connectivity index (χ0n) is 13.2. The molecule has 0 aliphatic heterocycles. The SMILES string of the molecule is COC(=O)C[C@@H](c1ccc(C(=O)O)cc1)c1c(O)cc(C)[nH]c1=O. The fourth-order valence-electron chi connectivity index (χ4n) is 2.51. The smallest absolute Gasteiger partial charge is 0.335 e. The number of aromatic carboxylic acids is 1. The number of nitrogens with one attached hydrogen (secondary N) is 1. The molecule has 0 unspecified atom stereocenters. The topological polar surface area (TPSA) is 117 Å². The highest BCUT2D eigenvalue weighted by Gasteiger charge is 2.25. The third-order valence-electron chi connectivity index (χ3n) is 3.69. The number of carboxylic acids is 1. The van der Waals surface area contributed by atoms with E-state index in [0.717, 1.165) is 0 Å². The molecule has 3 N–H and O–H groups in total. The maximum absolute atomic E-state index is 12.3. The van der Waals surface area contributed by atoms with Gasteiger partial charge in [0.1, 0.15) is 5.75 Å². The van der Waals surface area contributed by atoms with Gasteiger partial charge in [-0.1, -0.05) is 12.1 Å². The van der Waals surface area contributed by atoms with Crippen molar-refractivity contribution >= 4 is 11.9 Å². The Morgan fingerprint density at radius 1 is 1.25 bits per heavy atom. The number of benzene rings is 1. The summed E-state index contributed by atoms with van der Waals surface area (Å²) in [7, 11) is 1.23. The van der Waals surface area contributed by atoms with Crippen LogP contribution in [0, 0.1) is 6.92 Å². The van der Waals surface area contributed by atoms with Crippen molar-refractivity contribution in [1.29, 1.82) is 0 Å². The van der Waals surface area contributed by atoms with Crippen LogP contribution in [0.1, 0.15) is 39.5 Å². The lowest BCUT2D eigenvalue weighted by molar-refractivity contribution is -0.140. The summed E-state index contributed by atoms with van der Waals surface area (Å²) in [5, 5.41) is 19.1. The van der Waals surface area contributed by atoms with Gasteiger partial charge in [-0.25, -0.2) is 4.79 Å². The minimum Gasteiger partial charge on any atom is -0.507 e. The molecule has 24 heavy (non-hydrogen) atoms. The highest BCUT2D eigenvalue weighted by atomic mass is 16.5. The average Bonchev–Trinajstić information content (AvgIpc) is 2.52. The first-order valence-corrected chi connectivity index (χ1v) is 7.16. The van der Waals surface area contributed by atoms with E-state index in [0.29, 0.717) is 11.3 Å². The van der Waals surface area contributed by atoms with Crippen molar-refractivity contribution in [2.24, 2.45) is 0 Å². The molecule has 0 aliphatic carbocycles. The monoisotopic (exact) mass is 331 g/mol. The molecular weight excluding hydrogens is 314 g/mol. The average molecular weight is 331 g/mol. The Hall–Kier alpha value is -3.09. The van der Waals surface area contributed by atoms with Crippen LogP contribution in [0.3, 0.4) is 0 Å².